The second-order valence-electron chi connectivity index (χ2n) is 19.9. The van der Waals surface area contributed by atoms with Crippen molar-refractivity contribution in [3.8, 4) is 0 Å². The predicted octanol–water partition coefficient (Wildman–Crippen LogP) is 20.8. The first kappa shape index (κ1) is 69.8. The Kier molecular flexibility index (Phi) is 57.9. The van der Waals surface area contributed by atoms with Crippen molar-refractivity contribution < 1.29 is 28.6 Å². The van der Waals surface area contributed by atoms with Crippen LogP contribution >= 0.6 is 0 Å². The maximum atomic E-state index is 12.9. The van der Waals surface area contributed by atoms with Gasteiger partial charge in [-0.3, -0.25) is 14.4 Å². The van der Waals surface area contributed by atoms with Crippen LogP contribution in [-0.4, -0.2) is 37.2 Å². The molecule has 0 saturated heterocycles. The standard InChI is InChI=1S/C68H112O6/c1-4-7-10-13-16-19-22-24-26-28-30-31-32-33-34-35-36-37-39-40-42-44-46-49-52-55-58-61-67(70)73-64-65(63-72-66(69)60-57-54-51-48-21-18-15-12-9-6-3)74-68(71)62-59-56-53-50-47-45-43-41-38-29-27-25-23-20-17-14-11-8-5-2/h7,10,12,15-16,19,24-27,30-31,33-34,36-37,40,42,46,49,65H,4-6,8-9,11,13-14,17-18,20-23,28-29,32,35,38-39,41,43-45,47-48,50-64H2,1-3H3/b10-7-,15-12-,19-16-,26-24-,27-25-,31-30-,34-33-,37-36-,42-40-,49-46-. The largest absolute Gasteiger partial charge is 0.462 e. The monoisotopic (exact) mass is 1020 g/mol. The summed E-state index contributed by atoms with van der Waals surface area (Å²) in [4.78, 5) is 38.1. The van der Waals surface area contributed by atoms with Crippen molar-refractivity contribution in [1.29, 1.82) is 0 Å². The van der Waals surface area contributed by atoms with Crippen LogP contribution in [0.4, 0.5) is 0 Å². The van der Waals surface area contributed by atoms with Gasteiger partial charge in [-0.25, -0.2) is 0 Å². The highest BCUT2D eigenvalue weighted by molar-refractivity contribution is 5.71. The first-order valence-corrected chi connectivity index (χ1v) is 30.5. The van der Waals surface area contributed by atoms with Crippen LogP contribution in [0.15, 0.2) is 122 Å². The molecule has 0 bridgehead atoms. The zero-order valence-electron chi connectivity index (χ0n) is 48.1. The van der Waals surface area contributed by atoms with Gasteiger partial charge in [0, 0.05) is 19.3 Å². The Balaban J connectivity index is 4.38. The summed E-state index contributed by atoms with van der Waals surface area (Å²) in [5.74, 6) is -0.956. The van der Waals surface area contributed by atoms with Crippen LogP contribution in [0.25, 0.3) is 0 Å². The van der Waals surface area contributed by atoms with E-state index in [0.29, 0.717) is 25.7 Å². The molecule has 0 spiro atoms. The number of unbranched alkanes of at least 4 members (excludes halogenated alkanes) is 23. The van der Waals surface area contributed by atoms with Crippen LogP contribution in [0.2, 0.25) is 0 Å². The molecular formula is C68H112O6. The molecule has 0 radical (unpaired) electrons. The molecular weight excluding hydrogens is 913 g/mol. The minimum atomic E-state index is -0.803. The van der Waals surface area contributed by atoms with E-state index in [1.165, 1.54) is 103 Å². The van der Waals surface area contributed by atoms with Gasteiger partial charge in [0.05, 0.1) is 0 Å². The van der Waals surface area contributed by atoms with E-state index in [-0.39, 0.29) is 31.1 Å². The quantitative estimate of drug-likeness (QED) is 0.0261. The molecule has 0 aliphatic heterocycles. The second kappa shape index (κ2) is 61.4. The molecule has 1 atom stereocenters. The normalized spacial score (nSPS) is 13.0. The average Bonchev–Trinajstić information content (AvgIpc) is 3.40. The van der Waals surface area contributed by atoms with Crippen molar-refractivity contribution in [2.75, 3.05) is 13.2 Å². The summed E-state index contributed by atoms with van der Waals surface area (Å²) in [6, 6.07) is 0. The Morgan fingerprint density at radius 3 is 0.919 bits per heavy atom. The number of hydrogen-bond acceptors (Lipinski definition) is 6. The Labute approximate surface area is 456 Å². The maximum absolute atomic E-state index is 12.9. The van der Waals surface area contributed by atoms with Crippen LogP contribution in [0.3, 0.4) is 0 Å². The summed E-state index contributed by atoms with van der Waals surface area (Å²) in [6.45, 7) is 6.42. The van der Waals surface area contributed by atoms with Crippen LogP contribution in [0, 0.1) is 0 Å². The average molecular weight is 1030 g/mol. The van der Waals surface area contributed by atoms with Gasteiger partial charge in [-0.1, -0.05) is 245 Å². The molecule has 6 nitrogen and oxygen atoms in total. The third kappa shape index (κ3) is 58.7. The van der Waals surface area contributed by atoms with E-state index in [1.54, 1.807) is 0 Å². The molecule has 0 aromatic carbocycles. The topological polar surface area (TPSA) is 78.9 Å². The highest BCUT2D eigenvalue weighted by Gasteiger charge is 2.19. The second-order valence-corrected chi connectivity index (χ2v) is 19.9. The fourth-order valence-electron chi connectivity index (χ4n) is 8.10. The van der Waals surface area contributed by atoms with Crippen molar-refractivity contribution in [1.82, 2.24) is 0 Å². The molecule has 0 saturated carbocycles. The van der Waals surface area contributed by atoms with Crippen molar-refractivity contribution in [2.45, 2.75) is 277 Å². The lowest BCUT2D eigenvalue weighted by atomic mass is 10.1. The summed E-state index contributed by atoms with van der Waals surface area (Å²) in [7, 11) is 0. The van der Waals surface area contributed by atoms with E-state index in [4.69, 9.17) is 14.2 Å². The lowest BCUT2D eigenvalue weighted by Gasteiger charge is -2.18. The summed E-state index contributed by atoms with van der Waals surface area (Å²) >= 11 is 0. The number of carbonyl (C=O) groups excluding carboxylic acids is 3. The summed E-state index contributed by atoms with van der Waals surface area (Å²) < 4.78 is 16.8. The smallest absolute Gasteiger partial charge is 0.306 e. The van der Waals surface area contributed by atoms with Crippen molar-refractivity contribution in [3.63, 3.8) is 0 Å². The van der Waals surface area contributed by atoms with Gasteiger partial charge in [0.2, 0.25) is 0 Å². The third-order valence-corrected chi connectivity index (χ3v) is 12.7. The number of hydrogen-bond donors (Lipinski definition) is 0. The van der Waals surface area contributed by atoms with Gasteiger partial charge >= 0.3 is 17.9 Å². The molecule has 1 unspecified atom stereocenters. The van der Waals surface area contributed by atoms with Gasteiger partial charge in [-0.15, -0.1) is 0 Å². The Hall–Kier alpha value is -4.19. The molecule has 74 heavy (non-hydrogen) atoms. The molecule has 0 aromatic rings. The minimum absolute atomic E-state index is 0.0991. The van der Waals surface area contributed by atoms with E-state index in [0.717, 1.165) is 122 Å². The van der Waals surface area contributed by atoms with Gasteiger partial charge < -0.3 is 14.2 Å². The fraction of sp³-hybridized carbons (Fsp3) is 0.662. The van der Waals surface area contributed by atoms with Gasteiger partial charge in [-0.2, -0.15) is 0 Å². The lowest BCUT2D eigenvalue weighted by Crippen LogP contribution is -2.30. The summed E-state index contributed by atoms with van der Waals surface area (Å²) in [5, 5.41) is 0. The highest BCUT2D eigenvalue weighted by atomic mass is 16.6. The Morgan fingerprint density at radius 1 is 0.284 bits per heavy atom. The van der Waals surface area contributed by atoms with Crippen LogP contribution < -0.4 is 0 Å². The van der Waals surface area contributed by atoms with E-state index in [1.807, 2.05) is 0 Å². The van der Waals surface area contributed by atoms with Crippen molar-refractivity contribution in [2.24, 2.45) is 0 Å². The molecule has 0 heterocycles. The van der Waals surface area contributed by atoms with Gasteiger partial charge in [-0.05, 0) is 128 Å². The van der Waals surface area contributed by atoms with Crippen LogP contribution in [-0.2, 0) is 28.6 Å². The first-order valence-electron chi connectivity index (χ1n) is 30.5. The zero-order valence-corrected chi connectivity index (χ0v) is 48.1. The zero-order chi connectivity index (χ0) is 53.6. The van der Waals surface area contributed by atoms with E-state index in [2.05, 4.69) is 142 Å². The fourth-order valence-corrected chi connectivity index (χ4v) is 8.10. The Bertz CT molecular complexity index is 1550. The number of rotatable bonds is 54. The van der Waals surface area contributed by atoms with Gasteiger partial charge in [0.1, 0.15) is 13.2 Å². The molecule has 0 amide bonds. The number of ether oxygens (including phenoxy) is 3. The third-order valence-electron chi connectivity index (χ3n) is 12.7. The SMILES string of the molecule is CC/C=C\C/C=C\C/C=C\C/C=C\C/C=C\C/C=C\C/C=C\C/C=C\CCCCC(=O)OCC(COC(=O)CCCCCCC/C=C\CCC)OC(=O)CCCCCCCCCCC/C=C\CCCCCCCC. The molecule has 0 aliphatic rings. The summed E-state index contributed by atoms with van der Waals surface area (Å²) in [5.41, 5.74) is 0. The molecule has 0 rings (SSSR count). The molecule has 0 fully saturated rings. The van der Waals surface area contributed by atoms with E-state index < -0.39 is 6.10 Å². The van der Waals surface area contributed by atoms with E-state index in [9.17, 15) is 14.4 Å². The first-order chi connectivity index (χ1) is 36.5. The minimum Gasteiger partial charge on any atom is -0.462 e. The van der Waals surface area contributed by atoms with Crippen LogP contribution in [0.5, 0.6) is 0 Å². The molecule has 0 aliphatic carbocycles. The number of esters is 3. The lowest BCUT2D eigenvalue weighted by molar-refractivity contribution is -0.167. The van der Waals surface area contributed by atoms with Gasteiger partial charge in [0.25, 0.3) is 0 Å². The maximum Gasteiger partial charge on any atom is 0.306 e. The van der Waals surface area contributed by atoms with Crippen molar-refractivity contribution >= 4 is 17.9 Å². The van der Waals surface area contributed by atoms with Gasteiger partial charge in [0.15, 0.2) is 6.10 Å². The van der Waals surface area contributed by atoms with Crippen molar-refractivity contribution in [3.05, 3.63) is 122 Å². The number of allylic oxidation sites excluding steroid dienone is 20. The molecule has 420 valence electrons. The van der Waals surface area contributed by atoms with E-state index >= 15 is 0 Å². The van der Waals surface area contributed by atoms with Crippen LogP contribution in [0.1, 0.15) is 271 Å². The number of carbonyl (C=O) groups is 3. The summed E-state index contributed by atoms with van der Waals surface area (Å²) in [6.07, 6.45) is 84.9. The Morgan fingerprint density at radius 2 is 0.554 bits per heavy atom. The molecule has 0 aromatic heterocycles. The predicted molar refractivity (Wildman–Crippen MR) is 320 cm³/mol. The highest BCUT2D eigenvalue weighted by Crippen LogP contribution is 2.15. The molecule has 0 N–H and O–H groups in total. The molecule has 6 heteroatoms.